The molecule has 32 heavy (non-hydrogen) atoms. The Bertz CT molecular complexity index is 1180. The van der Waals surface area contributed by atoms with Gasteiger partial charge in [-0.1, -0.05) is 11.7 Å². The minimum Gasteiger partial charge on any atom is -0.391 e. The zero-order chi connectivity index (χ0) is 22.1. The number of pyridine rings is 1. The second-order valence-electron chi connectivity index (χ2n) is 8.37. The van der Waals surface area contributed by atoms with Crippen molar-refractivity contribution in [3.05, 3.63) is 47.6 Å². The molecule has 1 amide bonds. The van der Waals surface area contributed by atoms with Crippen LogP contribution >= 0.6 is 0 Å². The first-order valence-corrected chi connectivity index (χ1v) is 10.8. The first-order chi connectivity index (χ1) is 15.6. The predicted molar refractivity (Wildman–Crippen MR) is 119 cm³/mol. The monoisotopic (exact) mass is 432 g/mol. The van der Waals surface area contributed by atoms with Crippen molar-refractivity contribution in [2.24, 2.45) is 5.92 Å². The molecule has 0 bridgehead atoms. The molecule has 0 radical (unpaired) electrons. The molecule has 0 aromatic carbocycles. The summed E-state index contributed by atoms with van der Waals surface area (Å²) < 4.78 is 1.51. The zero-order valence-corrected chi connectivity index (χ0v) is 17.5. The molecule has 5 rings (SSSR count). The van der Waals surface area contributed by atoms with E-state index in [4.69, 9.17) is 6.57 Å². The van der Waals surface area contributed by atoms with Gasteiger partial charge in [0, 0.05) is 18.8 Å². The second-order valence-corrected chi connectivity index (χ2v) is 8.37. The van der Waals surface area contributed by atoms with Crippen LogP contribution < -0.4 is 16.0 Å². The number of amides is 1. The van der Waals surface area contributed by atoms with Crippen molar-refractivity contribution in [1.82, 2.24) is 24.9 Å². The fourth-order valence-corrected chi connectivity index (χ4v) is 3.88. The van der Waals surface area contributed by atoms with E-state index in [1.54, 1.807) is 12.1 Å². The van der Waals surface area contributed by atoms with E-state index in [0.29, 0.717) is 46.7 Å². The number of carbonyl (C=O) groups excluding carboxylic acids is 1. The molecule has 0 unspecified atom stereocenters. The van der Waals surface area contributed by atoms with Crippen molar-refractivity contribution in [2.45, 2.75) is 44.2 Å². The molecule has 2 atom stereocenters. The Hall–Kier alpha value is -3.71. The number of rotatable bonds is 7. The maximum absolute atomic E-state index is 12.5. The molecule has 0 aliphatic heterocycles. The van der Waals surface area contributed by atoms with Crippen LogP contribution in [0.4, 0.5) is 23.1 Å². The number of imidazole rings is 1. The second kappa shape index (κ2) is 8.43. The van der Waals surface area contributed by atoms with Crippen molar-refractivity contribution < 1.29 is 9.90 Å². The Balaban J connectivity index is 1.34. The normalized spacial score (nSPS) is 20.1. The van der Waals surface area contributed by atoms with Crippen LogP contribution in [0, 0.1) is 12.5 Å². The molecule has 10 heteroatoms. The number of aromatic nitrogens is 4. The van der Waals surface area contributed by atoms with Gasteiger partial charge in [-0.3, -0.25) is 4.79 Å². The Kier molecular flexibility index (Phi) is 5.33. The Morgan fingerprint density at radius 1 is 1.19 bits per heavy atom. The number of anilines is 3. The highest BCUT2D eigenvalue weighted by Crippen LogP contribution is 2.30. The number of carbonyl (C=O) groups is 1. The molecule has 3 heterocycles. The standard InChI is InChI=1S/C22H24N8O2/c1-23-20-12-26-21-16(9-19(29-30(20)21)24-10-13-5-6-13)27-18-8-7-14(11-25-18)22(32)28-15-3-2-4-17(15)31/h7-9,11-13,15,17,31H,2-6,10H2,(H,24,29)(H,25,27)(H,28,32)/t15-,17+/m1/s1. The summed E-state index contributed by atoms with van der Waals surface area (Å²) in [5.41, 5.74) is 1.61. The summed E-state index contributed by atoms with van der Waals surface area (Å²) in [6, 6.07) is 5.05. The lowest BCUT2D eigenvalue weighted by atomic mass is 10.2. The number of aliphatic hydroxyl groups excluding tert-OH is 1. The molecular weight excluding hydrogens is 408 g/mol. The highest BCUT2D eigenvalue weighted by molar-refractivity contribution is 5.94. The van der Waals surface area contributed by atoms with Gasteiger partial charge in [-0.25, -0.2) is 9.97 Å². The SMILES string of the molecule is [C-]#[N+]c1cnc2c(Nc3ccc(C(=O)N[C@@H]4CCC[C@@H]4O)cn3)cc(NCC3CC3)nn12. The molecule has 2 aliphatic rings. The van der Waals surface area contributed by atoms with E-state index in [-0.39, 0.29) is 11.9 Å². The van der Waals surface area contributed by atoms with Crippen LogP contribution in [-0.4, -0.2) is 49.3 Å². The molecular formula is C22H24N8O2. The fourth-order valence-electron chi connectivity index (χ4n) is 3.88. The van der Waals surface area contributed by atoms with Crippen molar-refractivity contribution in [2.75, 3.05) is 17.2 Å². The van der Waals surface area contributed by atoms with E-state index in [0.717, 1.165) is 19.4 Å². The Morgan fingerprint density at radius 3 is 2.75 bits per heavy atom. The van der Waals surface area contributed by atoms with Crippen molar-refractivity contribution >= 4 is 34.7 Å². The van der Waals surface area contributed by atoms with Gasteiger partial charge < -0.3 is 25.9 Å². The lowest BCUT2D eigenvalue weighted by Gasteiger charge is -2.16. The summed E-state index contributed by atoms with van der Waals surface area (Å²) in [6.45, 7) is 8.20. The molecule has 4 N–H and O–H groups in total. The van der Waals surface area contributed by atoms with Gasteiger partial charge in [-0.2, -0.15) is 0 Å². The maximum Gasteiger partial charge on any atom is 0.275 e. The quantitative estimate of drug-likeness (QED) is 0.424. The topological polar surface area (TPSA) is 121 Å². The van der Waals surface area contributed by atoms with Crippen LogP contribution in [0.1, 0.15) is 42.5 Å². The van der Waals surface area contributed by atoms with Crippen LogP contribution in [0.3, 0.4) is 0 Å². The smallest absolute Gasteiger partial charge is 0.275 e. The number of nitrogens with zero attached hydrogens (tertiary/aromatic N) is 5. The average Bonchev–Trinajstić information content (AvgIpc) is 3.41. The third-order valence-electron chi connectivity index (χ3n) is 5.92. The Morgan fingerprint density at radius 2 is 2.06 bits per heavy atom. The molecule has 0 spiro atoms. The minimum atomic E-state index is -0.487. The van der Waals surface area contributed by atoms with Crippen LogP contribution in [0.2, 0.25) is 0 Å². The molecule has 164 valence electrons. The van der Waals surface area contributed by atoms with Gasteiger partial charge in [0.1, 0.15) is 11.5 Å². The van der Waals surface area contributed by atoms with Crippen LogP contribution in [-0.2, 0) is 0 Å². The number of hydrogen-bond acceptors (Lipinski definition) is 7. The minimum absolute atomic E-state index is 0.205. The van der Waals surface area contributed by atoms with Crippen molar-refractivity contribution in [3.63, 3.8) is 0 Å². The summed E-state index contributed by atoms with van der Waals surface area (Å²) in [5.74, 6) is 1.95. The Labute approximate surface area is 184 Å². The molecule has 2 fully saturated rings. The summed E-state index contributed by atoms with van der Waals surface area (Å²) >= 11 is 0. The molecule has 2 aliphatic carbocycles. The largest absolute Gasteiger partial charge is 0.391 e. The van der Waals surface area contributed by atoms with Crippen molar-refractivity contribution in [3.8, 4) is 0 Å². The van der Waals surface area contributed by atoms with Crippen molar-refractivity contribution in [1.29, 1.82) is 0 Å². The third-order valence-corrected chi connectivity index (χ3v) is 5.92. The molecule has 10 nitrogen and oxygen atoms in total. The van der Waals surface area contributed by atoms with Gasteiger partial charge in [0.25, 0.3) is 17.4 Å². The summed E-state index contributed by atoms with van der Waals surface area (Å²) in [7, 11) is 0. The summed E-state index contributed by atoms with van der Waals surface area (Å²) in [6.07, 6.45) is 7.36. The van der Waals surface area contributed by atoms with E-state index in [1.165, 1.54) is 29.8 Å². The van der Waals surface area contributed by atoms with E-state index in [2.05, 4.69) is 35.9 Å². The first kappa shape index (κ1) is 20.2. The number of hydrogen-bond donors (Lipinski definition) is 4. The zero-order valence-electron chi connectivity index (χ0n) is 17.5. The molecule has 3 aromatic heterocycles. The van der Waals surface area contributed by atoms with E-state index < -0.39 is 6.10 Å². The van der Waals surface area contributed by atoms with Gasteiger partial charge in [-0.05, 0) is 50.2 Å². The molecule has 3 aromatic rings. The third kappa shape index (κ3) is 4.20. The molecule has 2 saturated carbocycles. The summed E-state index contributed by atoms with van der Waals surface area (Å²) in [5, 5.41) is 23.8. The lowest BCUT2D eigenvalue weighted by Crippen LogP contribution is -2.39. The highest BCUT2D eigenvalue weighted by atomic mass is 16.3. The van der Waals surface area contributed by atoms with Gasteiger partial charge in [0.15, 0.2) is 5.82 Å². The number of fused-ring (bicyclic) bond motifs is 1. The predicted octanol–water partition coefficient (Wildman–Crippen LogP) is 2.88. The highest BCUT2D eigenvalue weighted by Gasteiger charge is 2.27. The summed E-state index contributed by atoms with van der Waals surface area (Å²) in [4.78, 5) is 24.6. The fraction of sp³-hybridized carbons (Fsp3) is 0.409. The average molecular weight is 432 g/mol. The van der Waals surface area contributed by atoms with Gasteiger partial charge >= 0.3 is 0 Å². The van der Waals surface area contributed by atoms with Gasteiger partial charge in [0.2, 0.25) is 0 Å². The first-order valence-electron chi connectivity index (χ1n) is 10.8. The van der Waals surface area contributed by atoms with Gasteiger partial charge in [-0.15, -0.1) is 4.52 Å². The number of nitrogens with one attached hydrogen (secondary N) is 3. The van der Waals surface area contributed by atoms with Gasteiger partial charge in [0.05, 0.1) is 23.9 Å². The lowest BCUT2D eigenvalue weighted by molar-refractivity contribution is 0.0873. The van der Waals surface area contributed by atoms with Crippen LogP contribution in [0.25, 0.3) is 10.5 Å². The van der Waals surface area contributed by atoms with Crippen LogP contribution in [0.5, 0.6) is 0 Å². The molecule has 0 saturated heterocycles. The van der Waals surface area contributed by atoms with E-state index in [1.807, 2.05) is 6.07 Å². The number of aliphatic hydroxyl groups is 1. The van der Waals surface area contributed by atoms with E-state index >= 15 is 0 Å². The van der Waals surface area contributed by atoms with Crippen LogP contribution in [0.15, 0.2) is 30.6 Å². The maximum atomic E-state index is 12.5. The van der Waals surface area contributed by atoms with E-state index in [9.17, 15) is 9.90 Å².